The number of ketones is 1. The molecule has 6 N–H and O–H groups in total. The molecule has 0 atom stereocenters. The standard InChI is InChI=1S/C43H32N2O11S/c1-55-43(51)35(26-11-19-30(49)20-12-26)40-33(24-7-15-28(47)16-8-24)37-36-31-3-2-4-32(56-57(52,53)54)38(31)44-39(36)42(50)34(25-9-17-29(48)18-10-25)41(37)45(40)22-21-23-5-13-27(46)14-6-23/h2-20,44,46-48,50H,21-22H2,1H3,(H,52,53,54). The molecule has 0 spiro atoms. The van der Waals surface area contributed by atoms with Crippen molar-refractivity contribution >= 4 is 60.4 Å². The minimum Gasteiger partial charge on any atom is -0.508 e. The highest BCUT2D eigenvalue weighted by molar-refractivity contribution is 7.81. The number of aromatic nitrogens is 2. The van der Waals surface area contributed by atoms with Crippen molar-refractivity contribution in [2.45, 2.75) is 13.0 Å². The van der Waals surface area contributed by atoms with Crippen LogP contribution in [0.4, 0.5) is 0 Å². The van der Waals surface area contributed by atoms with Crippen LogP contribution < -0.4 is 4.18 Å². The maximum Gasteiger partial charge on any atom is 0.446 e. The van der Waals surface area contributed by atoms with E-state index in [1.165, 1.54) is 67.8 Å². The zero-order valence-electron chi connectivity index (χ0n) is 29.9. The van der Waals surface area contributed by atoms with Gasteiger partial charge in [-0.2, -0.15) is 8.42 Å². The lowest BCUT2D eigenvalue weighted by Crippen LogP contribution is -2.14. The Hall–Kier alpha value is -7.29. The molecular formula is C43H32N2O11S. The van der Waals surface area contributed by atoms with Gasteiger partial charge in [0, 0.05) is 28.3 Å². The molecule has 2 heterocycles. The van der Waals surface area contributed by atoms with Crippen LogP contribution in [-0.4, -0.2) is 61.8 Å². The molecule has 7 aromatic rings. The largest absolute Gasteiger partial charge is 0.508 e. The van der Waals surface area contributed by atoms with Crippen LogP contribution in [0.2, 0.25) is 0 Å². The number of methoxy groups -OCH3 is 1. The third-order valence-electron chi connectivity index (χ3n) is 9.86. The summed E-state index contributed by atoms with van der Waals surface area (Å²) in [6.45, 7) is 0.157. The van der Waals surface area contributed by atoms with Gasteiger partial charge in [-0.25, -0.2) is 4.79 Å². The lowest BCUT2D eigenvalue weighted by Gasteiger charge is -2.18. The second kappa shape index (κ2) is 14.1. The summed E-state index contributed by atoms with van der Waals surface area (Å²) in [7, 11) is -3.76. The number of nitrogens with one attached hydrogen (secondary N) is 1. The molecule has 2 aromatic heterocycles. The number of aromatic amines is 1. The number of H-pyrrole nitrogens is 1. The van der Waals surface area contributed by atoms with E-state index in [1.807, 2.05) is 4.57 Å². The first kappa shape index (κ1) is 36.7. The fraction of sp³-hybridized carbons (Fsp3) is 0.0698. The highest BCUT2D eigenvalue weighted by atomic mass is 32.3. The van der Waals surface area contributed by atoms with Crippen molar-refractivity contribution in [1.29, 1.82) is 0 Å². The molecule has 57 heavy (non-hydrogen) atoms. The average Bonchev–Trinajstić information content (AvgIpc) is 3.73. The summed E-state index contributed by atoms with van der Waals surface area (Å²) in [4.78, 5) is 29.7. The molecule has 0 bridgehead atoms. The van der Waals surface area contributed by atoms with Gasteiger partial charge in [0.15, 0.2) is 11.5 Å². The number of carbonyl (C=O) groups is 2. The van der Waals surface area contributed by atoms with Gasteiger partial charge in [0.2, 0.25) is 0 Å². The predicted octanol–water partition coefficient (Wildman–Crippen LogP) is 7.48. The molecule has 5 aromatic carbocycles. The van der Waals surface area contributed by atoms with Crippen LogP contribution in [0.3, 0.4) is 0 Å². The lowest BCUT2D eigenvalue weighted by molar-refractivity contribution is -0.133. The van der Waals surface area contributed by atoms with Gasteiger partial charge in [-0.15, -0.1) is 0 Å². The van der Waals surface area contributed by atoms with E-state index in [4.69, 9.17) is 8.92 Å². The Balaban J connectivity index is 1.65. The summed E-state index contributed by atoms with van der Waals surface area (Å²) in [6.07, 6.45) is 6.01. The molecule has 1 aliphatic rings. The molecule has 13 nitrogen and oxygen atoms in total. The summed E-state index contributed by atoms with van der Waals surface area (Å²) >= 11 is 0. The molecule has 286 valence electrons. The van der Waals surface area contributed by atoms with E-state index in [0.717, 1.165) is 5.56 Å². The normalized spacial score (nSPS) is 12.9. The Morgan fingerprint density at radius 3 is 1.89 bits per heavy atom. The van der Waals surface area contributed by atoms with E-state index in [-0.39, 0.29) is 63.2 Å². The Morgan fingerprint density at radius 1 is 0.737 bits per heavy atom. The molecule has 8 rings (SSSR count). The Morgan fingerprint density at radius 2 is 1.32 bits per heavy atom. The number of fused-ring (bicyclic) bond motifs is 5. The average molecular weight is 785 g/mol. The zero-order chi connectivity index (χ0) is 40.2. The topological polar surface area (TPSA) is 209 Å². The number of benzene rings is 5. The third kappa shape index (κ3) is 6.62. The van der Waals surface area contributed by atoms with Crippen LogP contribution in [0, 0.1) is 0 Å². The van der Waals surface area contributed by atoms with Crippen LogP contribution in [0.15, 0.2) is 121 Å². The molecule has 14 heteroatoms. The minimum absolute atomic E-state index is 0.0359. The first-order valence-electron chi connectivity index (χ1n) is 17.4. The van der Waals surface area contributed by atoms with Crippen LogP contribution in [0.1, 0.15) is 11.3 Å². The number of carbonyl (C=O) groups excluding carboxylic acids is 2. The molecular weight excluding hydrogens is 753 g/mol. The summed E-state index contributed by atoms with van der Waals surface area (Å²) in [6, 6.07) is 23.6. The predicted molar refractivity (Wildman–Crippen MR) is 213 cm³/mol. The number of hydrogen-bond donors (Lipinski definition) is 6. The van der Waals surface area contributed by atoms with Crippen molar-refractivity contribution < 1.29 is 51.9 Å². The summed E-state index contributed by atoms with van der Waals surface area (Å²) < 4.78 is 46.0. The number of esters is 1. The molecule has 0 unspecified atom stereocenters. The first-order valence-corrected chi connectivity index (χ1v) is 18.8. The fourth-order valence-electron chi connectivity index (χ4n) is 7.44. The van der Waals surface area contributed by atoms with Crippen LogP contribution in [0.5, 0.6) is 28.7 Å². The SMILES string of the molecule is COC(=O)C(=C1C=CC(=O)C=C1)c1c(-c2ccc(O)cc2)c2c3c([nH]c4c(OS(=O)(=O)O)cccc43)c(O)c(-c3ccc(O)cc3)c2n1CCc1ccc(O)cc1. The molecule has 1 aliphatic carbocycles. The summed E-state index contributed by atoms with van der Waals surface area (Å²) in [5, 5.41) is 44.5. The van der Waals surface area contributed by atoms with E-state index >= 15 is 0 Å². The summed E-state index contributed by atoms with van der Waals surface area (Å²) in [5.41, 5.74) is 3.86. The number of rotatable bonds is 9. The number of aryl methyl sites for hydroxylation is 2. The van der Waals surface area contributed by atoms with Crippen molar-refractivity contribution in [3.8, 4) is 51.0 Å². The molecule has 0 radical (unpaired) electrons. The van der Waals surface area contributed by atoms with Crippen molar-refractivity contribution in [1.82, 2.24) is 9.55 Å². The van der Waals surface area contributed by atoms with Crippen molar-refractivity contribution in [2.24, 2.45) is 0 Å². The van der Waals surface area contributed by atoms with Crippen LogP contribution in [-0.2, 0) is 37.7 Å². The molecule has 0 saturated heterocycles. The number of phenolic OH excluding ortho intramolecular Hbond substituents is 4. The zero-order valence-corrected chi connectivity index (χ0v) is 30.7. The number of aromatic hydroxyl groups is 4. The fourth-order valence-corrected chi connectivity index (χ4v) is 7.81. The van der Waals surface area contributed by atoms with E-state index in [2.05, 4.69) is 4.98 Å². The van der Waals surface area contributed by atoms with Crippen molar-refractivity contribution in [3.05, 3.63) is 132 Å². The van der Waals surface area contributed by atoms with E-state index in [9.17, 15) is 43.0 Å². The first-order chi connectivity index (χ1) is 27.3. The molecule has 0 aliphatic heterocycles. The van der Waals surface area contributed by atoms with E-state index in [1.54, 1.807) is 54.6 Å². The van der Waals surface area contributed by atoms with Crippen LogP contribution in [0.25, 0.3) is 60.5 Å². The van der Waals surface area contributed by atoms with Crippen molar-refractivity contribution in [3.63, 3.8) is 0 Å². The maximum absolute atomic E-state index is 14.2. The Labute approximate surface area is 324 Å². The van der Waals surface area contributed by atoms with Gasteiger partial charge in [0.05, 0.1) is 40.5 Å². The number of phenols is 4. The molecule has 0 saturated carbocycles. The number of para-hydroxylation sites is 1. The maximum atomic E-state index is 14.2. The highest BCUT2D eigenvalue weighted by Crippen LogP contribution is 2.53. The number of hydrogen-bond acceptors (Lipinski definition) is 10. The smallest absolute Gasteiger partial charge is 0.446 e. The van der Waals surface area contributed by atoms with Crippen molar-refractivity contribution in [2.75, 3.05) is 7.11 Å². The van der Waals surface area contributed by atoms with E-state index < -0.39 is 16.4 Å². The number of nitrogens with zero attached hydrogens (tertiary/aromatic N) is 1. The van der Waals surface area contributed by atoms with Crippen LogP contribution >= 0.6 is 0 Å². The molecule has 0 fully saturated rings. The minimum atomic E-state index is -4.99. The number of allylic oxidation sites excluding steroid dienone is 5. The highest BCUT2D eigenvalue weighted by Gasteiger charge is 2.33. The Bertz CT molecular complexity index is 2970. The second-order valence-electron chi connectivity index (χ2n) is 13.3. The van der Waals surface area contributed by atoms with Gasteiger partial charge in [0.25, 0.3) is 0 Å². The quantitative estimate of drug-likeness (QED) is 0.0480. The molecule has 0 amide bonds. The third-order valence-corrected chi connectivity index (χ3v) is 10.2. The van der Waals surface area contributed by atoms with Gasteiger partial charge < -0.3 is 38.9 Å². The monoisotopic (exact) mass is 784 g/mol. The number of ether oxygens (including phenoxy) is 1. The van der Waals surface area contributed by atoms with E-state index in [0.29, 0.717) is 56.1 Å². The van der Waals surface area contributed by atoms with Gasteiger partial charge in [0.1, 0.15) is 23.0 Å². The van der Waals surface area contributed by atoms with Gasteiger partial charge in [-0.1, -0.05) is 60.7 Å². The van der Waals surface area contributed by atoms with Gasteiger partial charge in [-0.3, -0.25) is 9.35 Å². The lowest BCUT2D eigenvalue weighted by atomic mass is 9.91. The Kier molecular flexibility index (Phi) is 9.07. The second-order valence-corrected chi connectivity index (χ2v) is 14.3. The van der Waals surface area contributed by atoms with Gasteiger partial charge in [-0.05, 0) is 83.3 Å². The van der Waals surface area contributed by atoms with Gasteiger partial charge >= 0.3 is 16.4 Å². The summed E-state index contributed by atoms with van der Waals surface area (Å²) in [5.74, 6) is -1.59.